The van der Waals surface area contributed by atoms with Gasteiger partial charge in [-0.2, -0.15) is 0 Å². The molecular weight excluding hydrogens is 296 g/mol. The highest BCUT2D eigenvalue weighted by molar-refractivity contribution is 6.78. The number of aliphatic hydroxyl groups excluding tert-OH is 1. The van der Waals surface area contributed by atoms with Gasteiger partial charge in [-0.3, -0.25) is 0 Å². The van der Waals surface area contributed by atoms with Gasteiger partial charge >= 0.3 is 0 Å². The summed E-state index contributed by atoms with van der Waals surface area (Å²) in [6.45, 7) is 17.7. The van der Waals surface area contributed by atoms with Crippen molar-refractivity contribution in [2.75, 3.05) is 6.61 Å². The molecule has 0 aromatic rings. The van der Waals surface area contributed by atoms with Gasteiger partial charge in [-0.25, -0.2) is 0 Å². The molecule has 1 heterocycles. The lowest BCUT2D eigenvalue weighted by Gasteiger charge is -2.49. The molecule has 1 aliphatic carbocycles. The Balaban J connectivity index is 2.10. The Kier molecular flexibility index (Phi) is 4.41. The third-order valence-corrected chi connectivity index (χ3v) is 12.7. The van der Waals surface area contributed by atoms with Crippen LogP contribution in [0.2, 0.25) is 16.6 Å². The lowest BCUT2D eigenvalue weighted by Crippen LogP contribution is -2.58. The van der Waals surface area contributed by atoms with Crippen LogP contribution in [0.5, 0.6) is 0 Å². The van der Waals surface area contributed by atoms with Crippen molar-refractivity contribution in [2.45, 2.75) is 95.4 Å². The van der Waals surface area contributed by atoms with Gasteiger partial charge in [-0.05, 0) is 30.0 Å². The average Bonchev–Trinajstić information content (AvgIpc) is 3.09. The van der Waals surface area contributed by atoms with E-state index in [0.29, 0.717) is 6.61 Å². The molecule has 4 nitrogen and oxygen atoms in total. The summed E-state index contributed by atoms with van der Waals surface area (Å²) in [5.41, 5.74) is -1.06. The minimum atomic E-state index is -2.09. The number of hydrogen-bond donors (Lipinski definition) is 2. The number of fused-ring (bicyclic) bond motifs is 1. The van der Waals surface area contributed by atoms with Gasteiger partial charge in [0.25, 0.3) is 0 Å². The van der Waals surface area contributed by atoms with Gasteiger partial charge in [-0.15, -0.1) is 0 Å². The Hall–Kier alpha value is 0.0569. The van der Waals surface area contributed by atoms with Crippen molar-refractivity contribution in [3.63, 3.8) is 0 Å². The molecule has 1 aliphatic heterocycles. The molecule has 130 valence electrons. The highest BCUT2D eigenvalue weighted by atomic mass is 28.4. The van der Waals surface area contributed by atoms with E-state index in [1.165, 1.54) is 0 Å². The molecule has 2 fully saturated rings. The van der Waals surface area contributed by atoms with E-state index in [-0.39, 0.29) is 22.1 Å². The Morgan fingerprint density at radius 2 is 1.68 bits per heavy atom. The van der Waals surface area contributed by atoms with Crippen molar-refractivity contribution in [3.8, 4) is 0 Å². The maximum atomic E-state index is 10.5. The second kappa shape index (κ2) is 5.28. The third kappa shape index (κ3) is 2.91. The molecule has 0 bridgehead atoms. The van der Waals surface area contributed by atoms with E-state index in [1.807, 2.05) is 0 Å². The zero-order valence-electron chi connectivity index (χ0n) is 15.4. The minimum Gasteiger partial charge on any atom is -0.413 e. The summed E-state index contributed by atoms with van der Waals surface area (Å²) in [5.74, 6) is 0.0765. The highest BCUT2D eigenvalue weighted by Crippen LogP contribution is 2.53. The summed E-state index contributed by atoms with van der Waals surface area (Å²) in [6, 6.07) is 0. The molecule has 0 aromatic heterocycles. The van der Waals surface area contributed by atoms with E-state index < -0.39 is 26.1 Å². The molecule has 22 heavy (non-hydrogen) atoms. The molecule has 5 heteroatoms. The molecule has 2 aliphatic rings. The molecule has 1 saturated carbocycles. The van der Waals surface area contributed by atoms with Crippen molar-refractivity contribution in [1.82, 2.24) is 0 Å². The van der Waals surface area contributed by atoms with E-state index in [2.05, 4.69) is 48.1 Å². The quantitative estimate of drug-likeness (QED) is 0.781. The first kappa shape index (κ1) is 18.4. The second-order valence-electron chi connectivity index (χ2n) is 9.57. The SMILES string of the molecule is CC(C)(C)[Si](C)(OC[C@H]1O[C@H]2C[C@H]2[C@@](C)(O)[C@H]1O)C(C)(C)C. The van der Waals surface area contributed by atoms with Crippen LogP contribution in [0.4, 0.5) is 0 Å². The zero-order chi connectivity index (χ0) is 17.1. The summed E-state index contributed by atoms with van der Waals surface area (Å²) in [6.07, 6.45) is -0.387. The Labute approximate surface area is 136 Å². The van der Waals surface area contributed by atoms with Gasteiger partial charge in [0.2, 0.25) is 0 Å². The van der Waals surface area contributed by atoms with Crippen molar-refractivity contribution < 1.29 is 19.4 Å². The van der Waals surface area contributed by atoms with Crippen molar-refractivity contribution in [3.05, 3.63) is 0 Å². The van der Waals surface area contributed by atoms with Crippen LogP contribution in [-0.4, -0.2) is 49.1 Å². The van der Waals surface area contributed by atoms with E-state index in [0.717, 1.165) is 6.42 Å². The third-order valence-electron chi connectivity index (χ3n) is 6.18. The molecule has 0 unspecified atom stereocenters. The molecular formula is C17H34O4Si. The van der Waals surface area contributed by atoms with Crippen LogP contribution < -0.4 is 0 Å². The molecule has 0 amide bonds. The van der Waals surface area contributed by atoms with Gasteiger partial charge in [0, 0.05) is 5.92 Å². The monoisotopic (exact) mass is 330 g/mol. The summed E-state index contributed by atoms with van der Waals surface area (Å²) >= 11 is 0. The lowest BCUT2D eigenvalue weighted by atomic mass is 9.88. The predicted molar refractivity (Wildman–Crippen MR) is 90.4 cm³/mol. The maximum Gasteiger partial charge on any atom is 0.200 e. The molecule has 1 saturated heterocycles. The van der Waals surface area contributed by atoms with Crippen LogP contribution in [0.3, 0.4) is 0 Å². The fourth-order valence-electron chi connectivity index (χ4n) is 3.77. The number of ether oxygens (including phenoxy) is 1. The van der Waals surface area contributed by atoms with Gasteiger partial charge < -0.3 is 19.4 Å². The lowest BCUT2D eigenvalue weighted by molar-refractivity contribution is -0.193. The first-order valence-corrected chi connectivity index (χ1v) is 10.8. The number of aliphatic hydroxyl groups is 2. The largest absolute Gasteiger partial charge is 0.413 e. The summed E-state index contributed by atoms with van der Waals surface area (Å²) in [7, 11) is -2.09. The van der Waals surface area contributed by atoms with Crippen LogP contribution >= 0.6 is 0 Å². The second-order valence-corrected chi connectivity index (χ2v) is 14.9. The van der Waals surface area contributed by atoms with Gasteiger partial charge in [-0.1, -0.05) is 41.5 Å². The average molecular weight is 331 g/mol. The van der Waals surface area contributed by atoms with Gasteiger partial charge in [0.05, 0.1) is 18.3 Å². The van der Waals surface area contributed by atoms with E-state index >= 15 is 0 Å². The van der Waals surface area contributed by atoms with E-state index in [1.54, 1.807) is 6.92 Å². The maximum absolute atomic E-state index is 10.5. The smallest absolute Gasteiger partial charge is 0.200 e. The van der Waals surface area contributed by atoms with Gasteiger partial charge in [0.15, 0.2) is 8.32 Å². The van der Waals surface area contributed by atoms with Crippen molar-refractivity contribution in [1.29, 1.82) is 0 Å². The van der Waals surface area contributed by atoms with Crippen molar-refractivity contribution >= 4 is 8.32 Å². The summed E-state index contributed by atoms with van der Waals surface area (Å²) in [4.78, 5) is 0. The van der Waals surface area contributed by atoms with E-state index in [4.69, 9.17) is 9.16 Å². The van der Waals surface area contributed by atoms with Crippen LogP contribution in [0.15, 0.2) is 0 Å². The summed E-state index contributed by atoms with van der Waals surface area (Å²) in [5, 5.41) is 21.1. The Morgan fingerprint density at radius 3 is 2.14 bits per heavy atom. The highest BCUT2D eigenvalue weighted by Gasteiger charge is 2.61. The standard InChI is InChI=1S/C17H34O4Si/c1-15(2,3)22(8,16(4,5)6)20-10-13-14(18)17(7,19)11-9-12(11)21-13/h11-14,18-19H,9-10H2,1-8H3/t11-,12+,13-,14+,17-/m1/s1. The number of hydrogen-bond acceptors (Lipinski definition) is 4. The van der Waals surface area contributed by atoms with Gasteiger partial charge in [0.1, 0.15) is 12.2 Å². The first-order valence-electron chi connectivity index (χ1n) is 8.41. The molecule has 0 spiro atoms. The summed E-state index contributed by atoms with van der Waals surface area (Å²) < 4.78 is 12.4. The fourth-order valence-corrected chi connectivity index (χ4v) is 7.38. The first-order chi connectivity index (χ1) is 9.72. The van der Waals surface area contributed by atoms with Crippen LogP contribution in [0.25, 0.3) is 0 Å². The van der Waals surface area contributed by atoms with Crippen LogP contribution in [0, 0.1) is 5.92 Å². The minimum absolute atomic E-state index is 0.0765. The Morgan fingerprint density at radius 1 is 1.18 bits per heavy atom. The van der Waals surface area contributed by atoms with Crippen LogP contribution in [-0.2, 0) is 9.16 Å². The Bertz CT molecular complexity index is 407. The zero-order valence-corrected chi connectivity index (χ0v) is 16.4. The van der Waals surface area contributed by atoms with E-state index in [9.17, 15) is 10.2 Å². The van der Waals surface area contributed by atoms with Crippen molar-refractivity contribution in [2.24, 2.45) is 5.92 Å². The van der Waals surface area contributed by atoms with Crippen LogP contribution in [0.1, 0.15) is 54.9 Å². The normalized spacial score (nSPS) is 39.5. The molecule has 0 aromatic carbocycles. The molecule has 5 atom stereocenters. The fraction of sp³-hybridized carbons (Fsp3) is 1.00. The molecule has 0 radical (unpaired) electrons. The molecule has 2 N–H and O–H groups in total. The topological polar surface area (TPSA) is 58.9 Å². The molecule has 2 rings (SSSR count). The number of rotatable bonds is 3. The predicted octanol–water partition coefficient (Wildman–Crippen LogP) is 3.08.